The minimum Gasteiger partial charge on any atom is -0.370 e. The number of nitrogens with zero attached hydrogens (tertiary/aromatic N) is 5. The summed E-state index contributed by atoms with van der Waals surface area (Å²) in [7, 11) is 1.95. The molecule has 2 aromatic heterocycles. The van der Waals surface area contributed by atoms with E-state index < -0.39 is 0 Å². The van der Waals surface area contributed by atoms with Crippen molar-refractivity contribution in [2.45, 2.75) is 33.1 Å². The van der Waals surface area contributed by atoms with Crippen molar-refractivity contribution in [3.8, 4) is 0 Å². The molecule has 0 saturated carbocycles. The van der Waals surface area contributed by atoms with E-state index in [1.165, 1.54) is 0 Å². The summed E-state index contributed by atoms with van der Waals surface area (Å²) in [6, 6.07) is 0. The quantitative estimate of drug-likeness (QED) is 0.769. The van der Waals surface area contributed by atoms with Gasteiger partial charge in [0.2, 0.25) is 0 Å². The molecule has 21 heavy (non-hydrogen) atoms. The van der Waals surface area contributed by atoms with Gasteiger partial charge in [-0.05, 0) is 13.3 Å². The lowest BCUT2D eigenvalue weighted by atomic mass is 10.1. The number of hydrogen-bond donors (Lipinski definition) is 2. The Hall–Kier alpha value is -2.18. The molecule has 0 aliphatic carbocycles. The Labute approximate surface area is 125 Å². The van der Waals surface area contributed by atoms with Gasteiger partial charge in [-0.3, -0.25) is 0 Å². The lowest BCUT2D eigenvalue weighted by Crippen LogP contribution is -2.13. The van der Waals surface area contributed by atoms with Crippen molar-refractivity contribution in [1.82, 2.24) is 24.7 Å². The molecule has 0 aliphatic rings. The lowest BCUT2D eigenvalue weighted by molar-refractivity contribution is 0.785. The normalized spacial score (nSPS) is 10.6. The number of aryl methyl sites for hydroxylation is 1. The first-order valence-electron chi connectivity index (χ1n) is 7.40. The van der Waals surface area contributed by atoms with Crippen LogP contribution in [0, 0.1) is 0 Å². The van der Waals surface area contributed by atoms with Crippen LogP contribution in [-0.4, -0.2) is 37.8 Å². The van der Waals surface area contributed by atoms with Crippen LogP contribution in [0.15, 0.2) is 12.7 Å². The van der Waals surface area contributed by atoms with Crippen LogP contribution in [0.4, 0.5) is 11.6 Å². The van der Waals surface area contributed by atoms with Gasteiger partial charge in [-0.1, -0.05) is 13.3 Å². The molecule has 2 heterocycles. The second-order valence-electron chi connectivity index (χ2n) is 4.86. The van der Waals surface area contributed by atoms with Crippen molar-refractivity contribution in [3.05, 3.63) is 24.0 Å². The van der Waals surface area contributed by atoms with Crippen LogP contribution in [0.5, 0.6) is 0 Å². The summed E-state index contributed by atoms with van der Waals surface area (Å²) in [6.07, 6.45) is 6.13. The highest BCUT2D eigenvalue weighted by atomic mass is 15.2. The van der Waals surface area contributed by atoms with Crippen LogP contribution < -0.4 is 10.6 Å². The van der Waals surface area contributed by atoms with Gasteiger partial charge >= 0.3 is 0 Å². The molecule has 0 aliphatic heterocycles. The van der Waals surface area contributed by atoms with E-state index in [0.29, 0.717) is 0 Å². The monoisotopic (exact) mass is 289 g/mol. The van der Waals surface area contributed by atoms with E-state index in [9.17, 15) is 0 Å². The number of hydrogen-bond acceptors (Lipinski definition) is 6. The van der Waals surface area contributed by atoms with Crippen LogP contribution in [0.25, 0.3) is 0 Å². The maximum atomic E-state index is 4.38. The molecular weight excluding hydrogens is 266 g/mol. The van der Waals surface area contributed by atoms with Gasteiger partial charge in [0.1, 0.15) is 30.1 Å². The van der Waals surface area contributed by atoms with E-state index in [0.717, 1.165) is 55.4 Å². The van der Waals surface area contributed by atoms with E-state index in [1.807, 2.05) is 11.6 Å². The van der Waals surface area contributed by atoms with Crippen molar-refractivity contribution in [3.63, 3.8) is 0 Å². The molecule has 114 valence electrons. The first kappa shape index (κ1) is 15.2. The maximum absolute atomic E-state index is 4.38. The van der Waals surface area contributed by atoms with Crippen LogP contribution in [0.2, 0.25) is 0 Å². The van der Waals surface area contributed by atoms with Crippen LogP contribution in [0.3, 0.4) is 0 Å². The molecule has 0 radical (unpaired) electrons. The summed E-state index contributed by atoms with van der Waals surface area (Å²) >= 11 is 0. The molecule has 0 fully saturated rings. The van der Waals surface area contributed by atoms with Gasteiger partial charge in [0.05, 0.1) is 0 Å². The average Bonchev–Trinajstić information content (AvgIpc) is 2.88. The van der Waals surface area contributed by atoms with E-state index >= 15 is 0 Å². The predicted molar refractivity (Wildman–Crippen MR) is 83.4 cm³/mol. The number of nitrogens with one attached hydrogen (secondary N) is 2. The summed E-state index contributed by atoms with van der Waals surface area (Å²) in [6.45, 7) is 5.85. The van der Waals surface area contributed by atoms with E-state index in [2.05, 4.69) is 44.6 Å². The Kier molecular flexibility index (Phi) is 5.48. The van der Waals surface area contributed by atoms with Crippen molar-refractivity contribution >= 4 is 11.6 Å². The highest BCUT2D eigenvalue weighted by molar-refractivity contribution is 5.57. The Bertz CT molecular complexity index is 564. The largest absolute Gasteiger partial charge is 0.370 e. The molecule has 7 nitrogen and oxygen atoms in total. The van der Waals surface area contributed by atoms with Crippen LogP contribution >= 0.6 is 0 Å². The second kappa shape index (κ2) is 7.56. The molecule has 7 heteroatoms. The summed E-state index contributed by atoms with van der Waals surface area (Å²) in [5.41, 5.74) is 1.15. The van der Waals surface area contributed by atoms with E-state index in [1.54, 1.807) is 12.7 Å². The second-order valence-corrected chi connectivity index (χ2v) is 4.86. The molecule has 0 aromatic carbocycles. The lowest BCUT2D eigenvalue weighted by Gasteiger charge is -2.14. The summed E-state index contributed by atoms with van der Waals surface area (Å²) in [5, 5.41) is 14.6. The molecule has 0 unspecified atom stereocenters. The summed E-state index contributed by atoms with van der Waals surface area (Å²) in [5.74, 6) is 2.79. The molecule has 2 rings (SSSR count). The first-order chi connectivity index (χ1) is 10.3. The standard InChI is InChI=1S/C14H23N7/c1-4-6-11-13(15-5-2)17-9-18-14(11)16-8-7-12-20-19-10-21(12)3/h9-10H,4-8H2,1-3H3,(H2,15,16,17,18). The highest BCUT2D eigenvalue weighted by Gasteiger charge is 2.10. The topological polar surface area (TPSA) is 80.6 Å². The molecular formula is C14H23N7. The zero-order valence-corrected chi connectivity index (χ0v) is 12.9. The van der Waals surface area contributed by atoms with Crippen LogP contribution in [-0.2, 0) is 19.9 Å². The number of aromatic nitrogens is 5. The zero-order valence-electron chi connectivity index (χ0n) is 12.9. The third-order valence-electron chi connectivity index (χ3n) is 3.24. The predicted octanol–water partition coefficient (Wildman–Crippen LogP) is 1.64. The maximum Gasteiger partial charge on any atom is 0.134 e. The van der Waals surface area contributed by atoms with Gasteiger partial charge in [0, 0.05) is 32.1 Å². The zero-order chi connectivity index (χ0) is 15.1. The third kappa shape index (κ3) is 3.90. The Balaban J connectivity index is 2.04. The molecule has 0 bridgehead atoms. The molecule has 0 saturated heterocycles. The molecule has 0 atom stereocenters. The van der Waals surface area contributed by atoms with Gasteiger partial charge in [0.15, 0.2) is 0 Å². The molecule has 2 aromatic rings. The minimum atomic E-state index is 0.770. The smallest absolute Gasteiger partial charge is 0.134 e. The fourth-order valence-corrected chi connectivity index (χ4v) is 2.20. The van der Waals surface area contributed by atoms with Crippen molar-refractivity contribution in [1.29, 1.82) is 0 Å². The average molecular weight is 289 g/mol. The molecule has 0 amide bonds. The fraction of sp³-hybridized carbons (Fsp3) is 0.571. The Morgan fingerprint density at radius 2 is 1.86 bits per heavy atom. The van der Waals surface area contributed by atoms with Gasteiger partial charge in [-0.2, -0.15) is 0 Å². The Morgan fingerprint density at radius 1 is 1.10 bits per heavy atom. The molecule has 2 N–H and O–H groups in total. The van der Waals surface area contributed by atoms with Gasteiger partial charge in [0.25, 0.3) is 0 Å². The molecule has 0 spiro atoms. The minimum absolute atomic E-state index is 0.770. The van der Waals surface area contributed by atoms with E-state index in [-0.39, 0.29) is 0 Å². The van der Waals surface area contributed by atoms with Gasteiger partial charge in [-0.15, -0.1) is 10.2 Å². The third-order valence-corrected chi connectivity index (χ3v) is 3.24. The van der Waals surface area contributed by atoms with Crippen molar-refractivity contribution < 1.29 is 0 Å². The summed E-state index contributed by atoms with van der Waals surface area (Å²) < 4.78 is 1.93. The number of rotatable bonds is 8. The SMILES string of the molecule is CCCc1c(NCC)ncnc1NCCc1nncn1C. The van der Waals surface area contributed by atoms with Gasteiger partial charge in [-0.25, -0.2) is 9.97 Å². The van der Waals surface area contributed by atoms with Crippen molar-refractivity contribution in [2.24, 2.45) is 7.05 Å². The summed E-state index contributed by atoms with van der Waals surface area (Å²) in [4.78, 5) is 8.71. The van der Waals surface area contributed by atoms with Crippen LogP contribution in [0.1, 0.15) is 31.7 Å². The first-order valence-corrected chi connectivity index (χ1v) is 7.40. The Morgan fingerprint density at radius 3 is 2.48 bits per heavy atom. The fourth-order valence-electron chi connectivity index (χ4n) is 2.20. The number of anilines is 2. The highest BCUT2D eigenvalue weighted by Crippen LogP contribution is 2.21. The van der Waals surface area contributed by atoms with E-state index in [4.69, 9.17) is 0 Å². The van der Waals surface area contributed by atoms with Gasteiger partial charge < -0.3 is 15.2 Å². The van der Waals surface area contributed by atoms with Crippen molar-refractivity contribution in [2.75, 3.05) is 23.7 Å².